The number of nitrogens with zero attached hydrogens (tertiary/aromatic N) is 2. The van der Waals surface area contributed by atoms with Crippen molar-refractivity contribution in [3.63, 3.8) is 0 Å². The van der Waals surface area contributed by atoms with Gasteiger partial charge in [-0.15, -0.1) is 0 Å². The largest absolute Gasteiger partial charge is 0.350 e. The number of aromatic nitrogens is 2. The molecule has 0 saturated heterocycles. The SMILES string of the molecule is Cc1cc(C(=O)NCC(=O)NCc2ccccc2)n(C)n1. The van der Waals surface area contributed by atoms with Gasteiger partial charge in [-0.05, 0) is 18.6 Å². The first kappa shape index (κ1) is 14.8. The number of carbonyl (C=O) groups excluding carboxylic acids is 2. The molecule has 0 fully saturated rings. The average molecular weight is 286 g/mol. The first-order valence-corrected chi connectivity index (χ1v) is 6.65. The van der Waals surface area contributed by atoms with Crippen molar-refractivity contribution >= 4 is 11.8 Å². The summed E-state index contributed by atoms with van der Waals surface area (Å²) in [6, 6.07) is 11.3. The molecule has 1 aromatic carbocycles. The van der Waals surface area contributed by atoms with E-state index in [1.165, 1.54) is 4.68 Å². The highest BCUT2D eigenvalue weighted by Gasteiger charge is 2.12. The number of carbonyl (C=O) groups is 2. The van der Waals surface area contributed by atoms with Crippen LogP contribution in [-0.2, 0) is 18.4 Å². The van der Waals surface area contributed by atoms with E-state index in [4.69, 9.17) is 0 Å². The third-order valence-electron chi connectivity index (χ3n) is 2.98. The number of benzene rings is 1. The van der Waals surface area contributed by atoms with Gasteiger partial charge in [0.05, 0.1) is 12.2 Å². The molecule has 0 aliphatic heterocycles. The highest BCUT2D eigenvalue weighted by Crippen LogP contribution is 2.01. The van der Waals surface area contributed by atoms with E-state index in [0.717, 1.165) is 11.3 Å². The Labute approximate surface area is 123 Å². The van der Waals surface area contributed by atoms with E-state index in [0.29, 0.717) is 12.2 Å². The zero-order valence-corrected chi connectivity index (χ0v) is 12.1. The molecule has 1 aromatic heterocycles. The Kier molecular flexibility index (Phi) is 4.71. The van der Waals surface area contributed by atoms with E-state index in [-0.39, 0.29) is 18.4 Å². The molecule has 6 nitrogen and oxygen atoms in total. The molecule has 1 heterocycles. The van der Waals surface area contributed by atoms with Crippen LogP contribution in [0.2, 0.25) is 0 Å². The number of rotatable bonds is 5. The van der Waals surface area contributed by atoms with Crippen LogP contribution in [0.25, 0.3) is 0 Å². The van der Waals surface area contributed by atoms with E-state index in [1.807, 2.05) is 37.3 Å². The molecule has 0 atom stereocenters. The summed E-state index contributed by atoms with van der Waals surface area (Å²) in [7, 11) is 1.69. The van der Waals surface area contributed by atoms with Gasteiger partial charge in [0, 0.05) is 13.6 Å². The monoisotopic (exact) mass is 286 g/mol. The lowest BCUT2D eigenvalue weighted by Gasteiger charge is -2.07. The Morgan fingerprint density at radius 3 is 2.52 bits per heavy atom. The second-order valence-corrected chi connectivity index (χ2v) is 4.74. The molecule has 0 bridgehead atoms. The predicted octanol–water partition coefficient (Wildman–Crippen LogP) is 0.775. The molecule has 21 heavy (non-hydrogen) atoms. The second-order valence-electron chi connectivity index (χ2n) is 4.74. The lowest BCUT2D eigenvalue weighted by Crippen LogP contribution is -2.37. The molecule has 0 spiro atoms. The molecule has 2 N–H and O–H groups in total. The molecule has 2 aromatic rings. The van der Waals surface area contributed by atoms with E-state index in [2.05, 4.69) is 15.7 Å². The van der Waals surface area contributed by atoms with Crippen molar-refractivity contribution in [3.8, 4) is 0 Å². The van der Waals surface area contributed by atoms with E-state index < -0.39 is 0 Å². The van der Waals surface area contributed by atoms with Crippen LogP contribution in [-0.4, -0.2) is 28.1 Å². The topological polar surface area (TPSA) is 76.0 Å². The van der Waals surface area contributed by atoms with E-state index in [1.54, 1.807) is 13.1 Å². The molecule has 2 amide bonds. The number of hydrogen-bond donors (Lipinski definition) is 2. The van der Waals surface area contributed by atoms with Gasteiger partial charge >= 0.3 is 0 Å². The summed E-state index contributed by atoms with van der Waals surface area (Å²) in [5, 5.41) is 9.42. The van der Waals surface area contributed by atoms with Gasteiger partial charge in [-0.25, -0.2) is 0 Å². The summed E-state index contributed by atoms with van der Waals surface area (Å²) < 4.78 is 1.49. The molecule has 2 rings (SSSR count). The Hall–Kier alpha value is -2.63. The molecule has 0 radical (unpaired) electrons. The second kappa shape index (κ2) is 6.69. The molecule has 110 valence electrons. The third-order valence-corrected chi connectivity index (χ3v) is 2.98. The van der Waals surface area contributed by atoms with Crippen molar-refractivity contribution in [2.24, 2.45) is 7.05 Å². The van der Waals surface area contributed by atoms with Gasteiger partial charge in [0.25, 0.3) is 5.91 Å². The Morgan fingerprint density at radius 1 is 1.19 bits per heavy atom. The van der Waals surface area contributed by atoms with Crippen LogP contribution >= 0.6 is 0 Å². The van der Waals surface area contributed by atoms with Crippen molar-refractivity contribution in [2.75, 3.05) is 6.54 Å². The van der Waals surface area contributed by atoms with Crippen LogP contribution in [0.4, 0.5) is 0 Å². The predicted molar refractivity (Wildman–Crippen MR) is 78.6 cm³/mol. The lowest BCUT2D eigenvalue weighted by molar-refractivity contribution is -0.120. The summed E-state index contributed by atoms with van der Waals surface area (Å²) in [5.41, 5.74) is 2.21. The van der Waals surface area contributed by atoms with Crippen molar-refractivity contribution < 1.29 is 9.59 Å². The summed E-state index contributed by atoms with van der Waals surface area (Å²) in [5.74, 6) is -0.543. The fraction of sp³-hybridized carbons (Fsp3) is 0.267. The van der Waals surface area contributed by atoms with Crippen LogP contribution in [0.1, 0.15) is 21.7 Å². The Bertz CT molecular complexity index is 634. The summed E-state index contributed by atoms with van der Waals surface area (Å²) >= 11 is 0. The summed E-state index contributed by atoms with van der Waals surface area (Å²) in [4.78, 5) is 23.6. The van der Waals surface area contributed by atoms with Gasteiger partial charge in [-0.2, -0.15) is 5.10 Å². The zero-order chi connectivity index (χ0) is 15.2. The van der Waals surface area contributed by atoms with Crippen molar-refractivity contribution in [3.05, 3.63) is 53.3 Å². The van der Waals surface area contributed by atoms with Gasteiger partial charge in [0.15, 0.2) is 0 Å². The van der Waals surface area contributed by atoms with E-state index >= 15 is 0 Å². The van der Waals surface area contributed by atoms with Crippen LogP contribution in [0.3, 0.4) is 0 Å². The van der Waals surface area contributed by atoms with E-state index in [9.17, 15) is 9.59 Å². The van der Waals surface area contributed by atoms with Gasteiger partial charge in [-0.1, -0.05) is 30.3 Å². The number of nitrogens with one attached hydrogen (secondary N) is 2. The number of aryl methyl sites for hydroxylation is 2. The lowest BCUT2D eigenvalue weighted by atomic mass is 10.2. The van der Waals surface area contributed by atoms with Gasteiger partial charge in [0.1, 0.15) is 5.69 Å². The Balaban J connectivity index is 1.79. The standard InChI is InChI=1S/C15H18N4O2/c1-11-8-13(19(2)18-11)15(21)17-10-14(20)16-9-12-6-4-3-5-7-12/h3-8H,9-10H2,1-2H3,(H,16,20)(H,17,21). The first-order valence-electron chi connectivity index (χ1n) is 6.65. The Morgan fingerprint density at radius 2 is 1.90 bits per heavy atom. The average Bonchev–Trinajstić information content (AvgIpc) is 2.82. The minimum Gasteiger partial charge on any atom is -0.350 e. The molecule has 0 aliphatic rings. The maximum atomic E-state index is 11.9. The first-order chi connectivity index (χ1) is 10.1. The van der Waals surface area contributed by atoms with Gasteiger partial charge in [-0.3, -0.25) is 14.3 Å². The maximum Gasteiger partial charge on any atom is 0.269 e. The summed E-state index contributed by atoms with van der Waals surface area (Å²) in [6.07, 6.45) is 0. The van der Waals surface area contributed by atoms with Crippen LogP contribution in [0, 0.1) is 6.92 Å². The summed E-state index contributed by atoms with van der Waals surface area (Å²) in [6.45, 7) is 2.19. The van der Waals surface area contributed by atoms with Crippen molar-refractivity contribution in [1.29, 1.82) is 0 Å². The minimum atomic E-state index is -0.312. The highest BCUT2D eigenvalue weighted by molar-refractivity contribution is 5.95. The molecule has 6 heteroatoms. The fourth-order valence-corrected chi connectivity index (χ4v) is 1.93. The van der Waals surface area contributed by atoms with Crippen molar-refractivity contribution in [2.45, 2.75) is 13.5 Å². The quantitative estimate of drug-likeness (QED) is 0.852. The molecule has 0 aliphatic carbocycles. The highest BCUT2D eigenvalue weighted by atomic mass is 16.2. The molecular formula is C15H18N4O2. The molecular weight excluding hydrogens is 268 g/mol. The molecule has 0 unspecified atom stereocenters. The zero-order valence-electron chi connectivity index (χ0n) is 12.1. The molecule has 0 saturated carbocycles. The number of hydrogen-bond acceptors (Lipinski definition) is 3. The van der Waals surface area contributed by atoms with Crippen LogP contribution in [0.5, 0.6) is 0 Å². The number of amides is 2. The smallest absolute Gasteiger partial charge is 0.269 e. The van der Waals surface area contributed by atoms with Gasteiger partial charge in [0.2, 0.25) is 5.91 Å². The van der Waals surface area contributed by atoms with Gasteiger partial charge < -0.3 is 10.6 Å². The fourth-order valence-electron chi connectivity index (χ4n) is 1.93. The third kappa shape index (κ3) is 4.17. The maximum absolute atomic E-state index is 11.9. The van der Waals surface area contributed by atoms with Crippen LogP contribution in [0.15, 0.2) is 36.4 Å². The minimum absolute atomic E-state index is 0.0596. The normalized spacial score (nSPS) is 10.2. The van der Waals surface area contributed by atoms with Crippen molar-refractivity contribution in [1.82, 2.24) is 20.4 Å². The van der Waals surface area contributed by atoms with Crippen LogP contribution < -0.4 is 10.6 Å².